The van der Waals surface area contributed by atoms with Crippen molar-refractivity contribution in [2.75, 3.05) is 0 Å². The third kappa shape index (κ3) is 5.50. The number of benzene rings is 1. The lowest BCUT2D eigenvalue weighted by molar-refractivity contribution is -0.127. The normalized spacial score (nSPS) is 11.9. The standard InChI is InChI=1S/C14H19FN2O2/c1-2-3-4-12(14(16)19)17-13(18)9-10-5-7-11(15)8-6-10/h5-8,12H,2-4,9H2,1H3,(H2,16,19)(H,17,18)/t12-/m0/s1. The fraction of sp³-hybridized carbons (Fsp3) is 0.429. The summed E-state index contributed by atoms with van der Waals surface area (Å²) >= 11 is 0. The summed E-state index contributed by atoms with van der Waals surface area (Å²) in [6.07, 6.45) is 2.40. The summed E-state index contributed by atoms with van der Waals surface area (Å²) in [5.74, 6) is -1.16. The Hall–Kier alpha value is -1.91. The zero-order chi connectivity index (χ0) is 14.3. The zero-order valence-electron chi connectivity index (χ0n) is 11.0. The van der Waals surface area contributed by atoms with Gasteiger partial charge in [0, 0.05) is 0 Å². The average molecular weight is 266 g/mol. The quantitative estimate of drug-likeness (QED) is 0.785. The van der Waals surface area contributed by atoms with Crippen LogP contribution in [0.25, 0.3) is 0 Å². The third-order valence-corrected chi connectivity index (χ3v) is 2.80. The molecule has 0 fully saturated rings. The Bertz CT molecular complexity index is 432. The van der Waals surface area contributed by atoms with Crippen LogP contribution in [0.1, 0.15) is 31.7 Å². The Morgan fingerprint density at radius 3 is 2.47 bits per heavy atom. The summed E-state index contributed by atoms with van der Waals surface area (Å²) in [6.45, 7) is 2.00. The highest BCUT2D eigenvalue weighted by Crippen LogP contribution is 2.05. The minimum atomic E-state index is -0.632. The zero-order valence-corrected chi connectivity index (χ0v) is 11.0. The van der Waals surface area contributed by atoms with Crippen LogP contribution in [0.2, 0.25) is 0 Å². The number of rotatable bonds is 7. The first-order valence-corrected chi connectivity index (χ1v) is 6.36. The third-order valence-electron chi connectivity index (χ3n) is 2.80. The summed E-state index contributed by atoms with van der Waals surface area (Å²) < 4.78 is 12.7. The molecule has 0 unspecified atom stereocenters. The van der Waals surface area contributed by atoms with Crippen LogP contribution in [0.3, 0.4) is 0 Å². The highest BCUT2D eigenvalue weighted by molar-refractivity contribution is 5.87. The number of primary amides is 1. The van der Waals surface area contributed by atoms with E-state index >= 15 is 0 Å². The van der Waals surface area contributed by atoms with E-state index in [2.05, 4.69) is 5.32 Å². The second kappa shape index (κ2) is 7.51. The van der Waals surface area contributed by atoms with Crippen molar-refractivity contribution in [1.29, 1.82) is 0 Å². The molecule has 0 aromatic heterocycles. The first-order valence-electron chi connectivity index (χ1n) is 6.36. The molecule has 4 nitrogen and oxygen atoms in total. The van der Waals surface area contributed by atoms with Crippen LogP contribution in [0.15, 0.2) is 24.3 Å². The molecule has 1 rings (SSSR count). The Morgan fingerprint density at radius 2 is 1.95 bits per heavy atom. The molecule has 0 aliphatic heterocycles. The molecule has 0 aliphatic rings. The predicted molar refractivity (Wildman–Crippen MR) is 70.8 cm³/mol. The molecule has 0 aliphatic carbocycles. The van der Waals surface area contributed by atoms with Crippen molar-refractivity contribution in [3.63, 3.8) is 0 Å². The van der Waals surface area contributed by atoms with Gasteiger partial charge in [-0.2, -0.15) is 0 Å². The lowest BCUT2D eigenvalue weighted by Gasteiger charge is -2.15. The first kappa shape index (κ1) is 15.1. The smallest absolute Gasteiger partial charge is 0.239 e. The van der Waals surface area contributed by atoms with Gasteiger partial charge in [0.25, 0.3) is 0 Å². The van der Waals surface area contributed by atoms with E-state index in [0.717, 1.165) is 12.8 Å². The molecule has 0 heterocycles. The summed E-state index contributed by atoms with van der Waals surface area (Å²) in [5.41, 5.74) is 5.93. The molecule has 3 N–H and O–H groups in total. The average Bonchev–Trinajstić information content (AvgIpc) is 2.37. The Morgan fingerprint density at radius 1 is 1.32 bits per heavy atom. The van der Waals surface area contributed by atoms with Gasteiger partial charge in [-0.1, -0.05) is 31.9 Å². The van der Waals surface area contributed by atoms with E-state index < -0.39 is 11.9 Å². The van der Waals surface area contributed by atoms with E-state index in [1.54, 1.807) is 12.1 Å². The van der Waals surface area contributed by atoms with Gasteiger partial charge < -0.3 is 11.1 Å². The summed E-state index contributed by atoms with van der Waals surface area (Å²) in [7, 11) is 0. The van der Waals surface area contributed by atoms with Gasteiger partial charge in [0.05, 0.1) is 6.42 Å². The summed E-state index contributed by atoms with van der Waals surface area (Å²) in [6, 6.07) is 5.05. The molecule has 2 amide bonds. The van der Waals surface area contributed by atoms with E-state index in [9.17, 15) is 14.0 Å². The first-order chi connectivity index (χ1) is 9.02. The maximum absolute atomic E-state index is 12.7. The lowest BCUT2D eigenvalue weighted by Crippen LogP contribution is -2.44. The van der Waals surface area contributed by atoms with Crippen molar-refractivity contribution in [3.8, 4) is 0 Å². The molecular formula is C14H19FN2O2. The van der Waals surface area contributed by atoms with Gasteiger partial charge >= 0.3 is 0 Å². The maximum Gasteiger partial charge on any atom is 0.239 e. The summed E-state index contributed by atoms with van der Waals surface area (Å²) in [4.78, 5) is 23.0. The highest BCUT2D eigenvalue weighted by atomic mass is 19.1. The molecule has 0 saturated heterocycles. The number of hydrogen-bond donors (Lipinski definition) is 2. The van der Waals surface area contributed by atoms with Crippen LogP contribution >= 0.6 is 0 Å². The van der Waals surface area contributed by atoms with Crippen molar-refractivity contribution >= 4 is 11.8 Å². The highest BCUT2D eigenvalue weighted by Gasteiger charge is 2.17. The van der Waals surface area contributed by atoms with Crippen LogP contribution in [-0.4, -0.2) is 17.9 Å². The Balaban J connectivity index is 2.52. The number of nitrogens with two attached hydrogens (primary N) is 1. The number of nitrogens with one attached hydrogen (secondary N) is 1. The van der Waals surface area contributed by atoms with E-state index in [1.807, 2.05) is 6.92 Å². The molecular weight excluding hydrogens is 247 g/mol. The molecule has 1 atom stereocenters. The SMILES string of the molecule is CCCC[C@H](NC(=O)Cc1ccc(F)cc1)C(N)=O. The van der Waals surface area contributed by atoms with Gasteiger partial charge in [0.2, 0.25) is 11.8 Å². The molecule has 104 valence electrons. The minimum Gasteiger partial charge on any atom is -0.368 e. The topological polar surface area (TPSA) is 72.2 Å². The van der Waals surface area contributed by atoms with Gasteiger partial charge in [-0.25, -0.2) is 4.39 Å². The largest absolute Gasteiger partial charge is 0.368 e. The second-order valence-electron chi connectivity index (χ2n) is 4.47. The maximum atomic E-state index is 12.7. The molecule has 1 aromatic rings. The van der Waals surface area contributed by atoms with Crippen molar-refractivity contribution in [2.45, 2.75) is 38.6 Å². The van der Waals surface area contributed by atoms with Crippen LogP contribution in [0.4, 0.5) is 4.39 Å². The van der Waals surface area contributed by atoms with Crippen molar-refractivity contribution in [2.24, 2.45) is 5.73 Å². The van der Waals surface area contributed by atoms with Gasteiger partial charge in [0.15, 0.2) is 0 Å². The summed E-state index contributed by atoms with van der Waals surface area (Å²) in [5, 5.41) is 2.61. The molecule has 0 radical (unpaired) electrons. The van der Waals surface area contributed by atoms with Crippen LogP contribution in [-0.2, 0) is 16.0 Å². The molecule has 5 heteroatoms. The number of amides is 2. The number of hydrogen-bond acceptors (Lipinski definition) is 2. The second-order valence-corrected chi connectivity index (χ2v) is 4.47. The monoisotopic (exact) mass is 266 g/mol. The Kier molecular flexibility index (Phi) is 5.99. The molecule has 19 heavy (non-hydrogen) atoms. The number of halogens is 1. The van der Waals surface area contributed by atoms with Gasteiger partial charge in [-0.15, -0.1) is 0 Å². The predicted octanol–water partition coefficient (Wildman–Crippen LogP) is 1.53. The minimum absolute atomic E-state index is 0.107. The van der Waals surface area contributed by atoms with E-state index in [1.165, 1.54) is 12.1 Å². The van der Waals surface area contributed by atoms with Gasteiger partial charge in [-0.3, -0.25) is 9.59 Å². The van der Waals surface area contributed by atoms with E-state index in [-0.39, 0.29) is 18.1 Å². The fourth-order valence-corrected chi connectivity index (χ4v) is 1.73. The van der Waals surface area contributed by atoms with Crippen LogP contribution in [0, 0.1) is 5.82 Å². The molecule has 1 aromatic carbocycles. The number of carbonyl (C=O) groups excluding carboxylic acids is 2. The molecule has 0 saturated carbocycles. The lowest BCUT2D eigenvalue weighted by atomic mass is 10.1. The van der Waals surface area contributed by atoms with E-state index in [4.69, 9.17) is 5.73 Å². The molecule has 0 spiro atoms. The molecule has 0 bridgehead atoms. The van der Waals surface area contributed by atoms with Crippen LogP contribution < -0.4 is 11.1 Å². The van der Waals surface area contributed by atoms with Crippen molar-refractivity contribution in [3.05, 3.63) is 35.6 Å². The number of carbonyl (C=O) groups is 2. The number of unbranched alkanes of at least 4 members (excludes halogenated alkanes) is 1. The van der Waals surface area contributed by atoms with Crippen molar-refractivity contribution < 1.29 is 14.0 Å². The van der Waals surface area contributed by atoms with Gasteiger partial charge in [-0.05, 0) is 24.1 Å². The van der Waals surface area contributed by atoms with Crippen molar-refractivity contribution in [1.82, 2.24) is 5.32 Å². The Labute approximate surface area is 112 Å². The van der Waals surface area contributed by atoms with Crippen LogP contribution in [0.5, 0.6) is 0 Å². The van der Waals surface area contributed by atoms with Gasteiger partial charge in [0.1, 0.15) is 11.9 Å². The van der Waals surface area contributed by atoms with E-state index in [0.29, 0.717) is 12.0 Å². The fourth-order valence-electron chi connectivity index (χ4n) is 1.73.